The van der Waals surface area contributed by atoms with E-state index in [1.54, 1.807) is 24.3 Å². The maximum atomic E-state index is 13.3. The average Bonchev–Trinajstić information content (AvgIpc) is 3.49. The number of amides is 1. The van der Waals surface area contributed by atoms with Gasteiger partial charge in [0.2, 0.25) is 5.91 Å². The zero-order chi connectivity index (χ0) is 22.5. The molecule has 32 heavy (non-hydrogen) atoms. The van der Waals surface area contributed by atoms with E-state index >= 15 is 0 Å². The van der Waals surface area contributed by atoms with Crippen LogP contribution in [0.1, 0.15) is 26.2 Å². The lowest BCUT2D eigenvalue weighted by molar-refractivity contribution is -0.122. The number of rotatable bonds is 8. The summed E-state index contributed by atoms with van der Waals surface area (Å²) in [5, 5.41) is 6.28. The highest BCUT2D eigenvalue weighted by Gasteiger charge is 2.29. The van der Waals surface area contributed by atoms with Crippen molar-refractivity contribution in [2.75, 3.05) is 18.1 Å². The van der Waals surface area contributed by atoms with Gasteiger partial charge in [-0.25, -0.2) is 9.37 Å². The quantitative estimate of drug-likeness (QED) is 0.448. The number of ether oxygens (including phenoxy) is 1. The zero-order valence-corrected chi connectivity index (χ0v) is 19.3. The highest BCUT2D eigenvalue weighted by atomic mass is 35.5. The summed E-state index contributed by atoms with van der Waals surface area (Å²) in [6.45, 7) is 3.23. The Balaban J connectivity index is 1.62. The van der Waals surface area contributed by atoms with Gasteiger partial charge in [0.15, 0.2) is 5.13 Å². The van der Waals surface area contributed by atoms with Gasteiger partial charge in [-0.15, -0.1) is 11.3 Å². The van der Waals surface area contributed by atoms with Gasteiger partial charge in [-0.1, -0.05) is 18.5 Å². The number of anilines is 2. The first-order chi connectivity index (χ1) is 15.5. The minimum Gasteiger partial charge on any atom is -0.376 e. The van der Waals surface area contributed by atoms with Crippen molar-refractivity contribution in [1.29, 1.82) is 0 Å². The van der Waals surface area contributed by atoms with Gasteiger partial charge in [0, 0.05) is 34.8 Å². The number of thiazole rings is 1. The van der Waals surface area contributed by atoms with E-state index in [1.807, 2.05) is 29.3 Å². The Kier molecular flexibility index (Phi) is 7.40. The molecule has 0 radical (unpaired) electrons. The Morgan fingerprint density at radius 2 is 2.03 bits per heavy atom. The van der Waals surface area contributed by atoms with Gasteiger partial charge in [-0.3, -0.25) is 4.79 Å². The number of hydrogen-bond donors (Lipinski definition) is 1. The maximum Gasteiger partial charge on any atom is 0.243 e. The summed E-state index contributed by atoms with van der Waals surface area (Å²) in [5.74, 6) is -0.363. The lowest BCUT2D eigenvalue weighted by Crippen LogP contribution is -2.46. The van der Waals surface area contributed by atoms with Crippen LogP contribution in [0.3, 0.4) is 0 Å². The minimum absolute atomic E-state index is 0.0727. The summed E-state index contributed by atoms with van der Waals surface area (Å²) in [6.07, 6.45) is 2.65. The van der Waals surface area contributed by atoms with E-state index < -0.39 is 6.04 Å². The van der Waals surface area contributed by atoms with Crippen LogP contribution in [0.25, 0.3) is 11.3 Å². The fourth-order valence-electron chi connectivity index (χ4n) is 3.78. The van der Waals surface area contributed by atoms with E-state index in [-0.39, 0.29) is 17.8 Å². The molecule has 0 aliphatic carbocycles. The highest BCUT2D eigenvalue weighted by Crippen LogP contribution is 2.35. The Labute approximate surface area is 196 Å². The summed E-state index contributed by atoms with van der Waals surface area (Å²) in [6, 6.07) is 13.2. The second-order valence-electron chi connectivity index (χ2n) is 7.67. The van der Waals surface area contributed by atoms with Crippen molar-refractivity contribution in [2.45, 2.75) is 38.3 Å². The molecule has 0 bridgehead atoms. The third-order valence-corrected chi connectivity index (χ3v) is 6.56. The molecule has 2 aromatic carbocycles. The first-order valence-electron chi connectivity index (χ1n) is 10.7. The van der Waals surface area contributed by atoms with E-state index in [2.05, 4.69) is 5.32 Å². The number of hydrogen-bond acceptors (Lipinski definition) is 5. The molecular formula is C24H25ClFN3O2S. The van der Waals surface area contributed by atoms with Crippen molar-refractivity contribution in [3.8, 4) is 11.3 Å². The number of halogens is 2. The molecule has 4 rings (SSSR count). The lowest BCUT2D eigenvalue weighted by atomic mass is 10.1. The van der Waals surface area contributed by atoms with Gasteiger partial charge in [0.05, 0.1) is 11.8 Å². The molecule has 0 saturated carbocycles. The van der Waals surface area contributed by atoms with Gasteiger partial charge in [0.25, 0.3) is 0 Å². The Morgan fingerprint density at radius 1 is 1.28 bits per heavy atom. The molecule has 1 saturated heterocycles. The fourth-order valence-corrected chi connectivity index (χ4v) is 4.81. The number of nitrogens with zero attached hydrogens (tertiary/aromatic N) is 2. The van der Waals surface area contributed by atoms with Crippen molar-refractivity contribution >= 4 is 39.7 Å². The van der Waals surface area contributed by atoms with Crippen LogP contribution in [0.15, 0.2) is 53.9 Å². The van der Waals surface area contributed by atoms with Crippen LogP contribution in [0.5, 0.6) is 0 Å². The van der Waals surface area contributed by atoms with Crippen molar-refractivity contribution < 1.29 is 13.9 Å². The summed E-state index contributed by atoms with van der Waals surface area (Å²) in [7, 11) is 0. The van der Waals surface area contributed by atoms with E-state index in [0.29, 0.717) is 23.1 Å². The molecule has 3 aromatic rings. The van der Waals surface area contributed by atoms with Gasteiger partial charge >= 0.3 is 0 Å². The second kappa shape index (κ2) is 10.4. The van der Waals surface area contributed by atoms with E-state index in [0.717, 1.165) is 36.4 Å². The third-order valence-electron chi connectivity index (χ3n) is 5.47. The minimum atomic E-state index is -0.454. The van der Waals surface area contributed by atoms with Gasteiger partial charge in [-0.2, -0.15) is 0 Å². The number of carbonyl (C=O) groups is 1. The summed E-state index contributed by atoms with van der Waals surface area (Å²) < 4.78 is 19.0. The van der Waals surface area contributed by atoms with Crippen molar-refractivity contribution in [3.05, 3.63) is 64.8 Å². The second-order valence-corrected chi connectivity index (χ2v) is 8.95. The molecule has 1 aromatic heterocycles. The van der Waals surface area contributed by atoms with Crippen LogP contribution >= 0.6 is 22.9 Å². The van der Waals surface area contributed by atoms with Gasteiger partial charge in [0.1, 0.15) is 11.9 Å². The first kappa shape index (κ1) is 22.7. The van der Waals surface area contributed by atoms with E-state index in [9.17, 15) is 9.18 Å². The molecule has 1 fully saturated rings. The average molecular weight is 474 g/mol. The zero-order valence-electron chi connectivity index (χ0n) is 17.8. The van der Waals surface area contributed by atoms with Crippen LogP contribution in [0.4, 0.5) is 15.2 Å². The highest BCUT2D eigenvalue weighted by molar-refractivity contribution is 7.14. The van der Waals surface area contributed by atoms with Crippen LogP contribution in [-0.4, -0.2) is 36.2 Å². The Bertz CT molecular complexity index is 1040. The van der Waals surface area contributed by atoms with Gasteiger partial charge in [-0.05, 0) is 67.8 Å². The van der Waals surface area contributed by atoms with E-state index in [4.69, 9.17) is 21.3 Å². The number of carbonyl (C=O) groups excluding carboxylic acids is 1. The topological polar surface area (TPSA) is 54.5 Å². The van der Waals surface area contributed by atoms with Crippen molar-refractivity contribution in [2.24, 2.45) is 0 Å². The molecule has 2 heterocycles. The largest absolute Gasteiger partial charge is 0.376 e. The lowest BCUT2D eigenvalue weighted by Gasteiger charge is -2.30. The summed E-state index contributed by atoms with van der Waals surface area (Å²) in [5.41, 5.74) is 2.38. The van der Waals surface area contributed by atoms with Crippen molar-refractivity contribution in [3.63, 3.8) is 0 Å². The molecule has 1 amide bonds. The third kappa shape index (κ3) is 5.28. The predicted molar refractivity (Wildman–Crippen MR) is 127 cm³/mol. The Hall–Kier alpha value is -2.48. The molecule has 0 spiro atoms. The molecular weight excluding hydrogens is 449 g/mol. The Morgan fingerprint density at radius 3 is 2.69 bits per heavy atom. The monoisotopic (exact) mass is 473 g/mol. The summed E-state index contributed by atoms with van der Waals surface area (Å²) in [4.78, 5) is 19.9. The molecule has 1 aliphatic rings. The van der Waals surface area contributed by atoms with Crippen molar-refractivity contribution in [1.82, 2.24) is 10.3 Å². The smallest absolute Gasteiger partial charge is 0.243 e. The first-order valence-corrected chi connectivity index (χ1v) is 12.0. The normalized spacial score (nSPS) is 16.7. The molecule has 1 N–H and O–H groups in total. The molecule has 168 valence electrons. The van der Waals surface area contributed by atoms with Crippen LogP contribution < -0.4 is 10.2 Å². The summed E-state index contributed by atoms with van der Waals surface area (Å²) >= 11 is 7.55. The standard InChI is InChI=1S/C24H25ClFN3O2S/c1-2-22(23(30)27-14-20-4-3-13-31-20)29(19-11-7-17(25)8-12-19)24-28-21(15-32-24)16-5-9-18(26)10-6-16/h5-12,15,20,22H,2-4,13-14H2,1H3,(H,27,30). The van der Waals surface area contributed by atoms with Gasteiger partial charge < -0.3 is 15.0 Å². The fraction of sp³-hybridized carbons (Fsp3) is 0.333. The number of nitrogens with one attached hydrogen (secondary N) is 1. The SMILES string of the molecule is CCC(C(=O)NCC1CCCO1)N(c1ccc(Cl)cc1)c1nc(-c2ccc(F)cc2)cs1. The van der Waals surface area contributed by atoms with Crippen LogP contribution in [-0.2, 0) is 9.53 Å². The number of benzene rings is 2. The molecule has 2 unspecified atom stereocenters. The molecule has 8 heteroatoms. The van der Waals surface area contributed by atoms with Crippen LogP contribution in [0, 0.1) is 5.82 Å². The molecule has 5 nitrogen and oxygen atoms in total. The molecule has 2 atom stereocenters. The van der Waals surface area contributed by atoms with Crippen LogP contribution in [0.2, 0.25) is 5.02 Å². The molecule has 1 aliphatic heterocycles. The maximum absolute atomic E-state index is 13.3. The predicted octanol–water partition coefficient (Wildman–Crippen LogP) is 5.81. The number of aromatic nitrogens is 1. The van der Waals surface area contributed by atoms with E-state index in [1.165, 1.54) is 23.5 Å².